The number of benzene rings is 1. The topological polar surface area (TPSA) is 22.1 Å². The Morgan fingerprint density at radius 2 is 1.88 bits per heavy atom. The number of para-hydroxylation sites is 1. The van der Waals surface area contributed by atoms with E-state index in [0.29, 0.717) is 6.61 Å². The fourth-order valence-corrected chi connectivity index (χ4v) is 1.53. The van der Waals surface area contributed by atoms with Crippen LogP contribution in [0, 0.1) is 6.92 Å². The Morgan fingerprint density at radius 1 is 1.06 bits per heavy atom. The van der Waals surface area contributed by atoms with Crippen LogP contribution in [0.5, 0.6) is 5.75 Å². The molecule has 0 fully saturated rings. The highest BCUT2D eigenvalue weighted by atomic mass is 16.5. The minimum Gasteiger partial charge on any atom is -0.493 e. The summed E-state index contributed by atoms with van der Waals surface area (Å²) in [6.45, 7) is 2.72. The van der Waals surface area contributed by atoms with Gasteiger partial charge in [0, 0.05) is 18.3 Å². The van der Waals surface area contributed by atoms with Gasteiger partial charge in [0.05, 0.1) is 6.61 Å². The molecule has 0 radical (unpaired) electrons. The number of nitrogens with zero attached hydrogens (tertiary/aromatic N) is 1. The number of rotatable bonds is 4. The lowest BCUT2D eigenvalue weighted by atomic mass is 10.2. The smallest absolute Gasteiger partial charge is 0.122 e. The molecule has 16 heavy (non-hydrogen) atoms. The van der Waals surface area contributed by atoms with Crippen molar-refractivity contribution in [3.8, 4) is 5.75 Å². The number of pyridine rings is 1. The van der Waals surface area contributed by atoms with Crippen molar-refractivity contribution < 1.29 is 4.74 Å². The maximum atomic E-state index is 5.70. The summed E-state index contributed by atoms with van der Waals surface area (Å²) < 4.78 is 5.70. The number of aromatic nitrogens is 1. The van der Waals surface area contributed by atoms with Crippen LogP contribution in [-0.4, -0.2) is 11.6 Å². The van der Waals surface area contributed by atoms with E-state index >= 15 is 0 Å². The molecule has 2 aromatic rings. The Kier molecular flexibility index (Phi) is 3.54. The van der Waals surface area contributed by atoms with Gasteiger partial charge in [-0.15, -0.1) is 0 Å². The maximum Gasteiger partial charge on any atom is 0.122 e. The van der Waals surface area contributed by atoms with E-state index in [4.69, 9.17) is 4.74 Å². The zero-order valence-corrected chi connectivity index (χ0v) is 9.39. The highest BCUT2D eigenvalue weighted by molar-refractivity contribution is 5.31. The van der Waals surface area contributed by atoms with Crippen LogP contribution in [0.4, 0.5) is 0 Å². The molecular weight excluding hydrogens is 198 g/mol. The van der Waals surface area contributed by atoms with E-state index in [1.165, 1.54) is 5.56 Å². The molecule has 0 saturated heterocycles. The second kappa shape index (κ2) is 5.31. The Bertz CT molecular complexity index is 439. The molecular formula is C14H15NO. The molecule has 0 unspecified atom stereocenters. The van der Waals surface area contributed by atoms with Crippen LogP contribution in [0.1, 0.15) is 11.3 Å². The van der Waals surface area contributed by atoms with Gasteiger partial charge in [0.2, 0.25) is 0 Å². The maximum absolute atomic E-state index is 5.70. The van der Waals surface area contributed by atoms with Crippen molar-refractivity contribution in [2.45, 2.75) is 13.3 Å². The van der Waals surface area contributed by atoms with Crippen molar-refractivity contribution in [2.24, 2.45) is 0 Å². The van der Waals surface area contributed by atoms with E-state index in [2.05, 4.69) is 18.0 Å². The van der Waals surface area contributed by atoms with E-state index in [1.807, 2.05) is 42.6 Å². The second-order valence-electron chi connectivity index (χ2n) is 3.69. The molecule has 82 valence electrons. The van der Waals surface area contributed by atoms with Crippen LogP contribution in [0.2, 0.25) is 0 Å². The van der Waals surface area contributed by atoms with Crippen LogP contribution < -0.4 is 4.74 Å². The zero-order chi connectivity index (χ0) is 11.2. The lowest BCUT2D eigenvalue weighted by Crippen LogP contribution is -2.03. The molecule has 1 heterocycles. The predicted octanol–water partition coefficient (Wildman–Crippen LogP) is 3.01. The quantitative estimate of drug-likeness (QED) is 0.778. The highest BCUT2D eigenvalue weighted by Crippen LogP contribution is 2.16. The summed E-state index contributed by atoms with van der Waals surface area (Å²) in [7, 11) is 0. The van der Waals surface area contributed by atoms with Crippen LogP contribution in [0.25, 0.3) is 0 Å². The van der Waals surface area contributed by atoms with E-state index in [9.17, 15) is 0 Å². The molecule has 0 aliphatic rings. The Balaban J connectivity index is 1.87. The van der Waals surface area contributed by atoms with Crippen molar-refractivity contribution in [1.29, 1.82) is 0 Å². The van der Waals surface area contributed by atoms with E-state index in [1.54, 1.807) is 0 Å². The molecule has 2 nitrogen and oxygen atoms in total. The van der Waals surface area contributed by atoms with E-state index < -0.39 is 0 Å². The third kappa shape index (κ3) is 2.83. The van der Waals surface area contributed by atoms with Gasteiger partial charge in [0.15, 0.2) is 0 Å². The highest BCUT2D eigenvalue weighted by Gasteiger charge is 1.98. The third-order valence-corrected chi connectivity index (χ3v) is 2.44. The summed E-state index contributed by atoms with van der Waals surface area (Å²) in [5.74, 6) is 0.957. The van der Waals surface area contributed by atoms with Gasteiger partial charge in [-0.25, -0.2) is 0 Å². The number of hydrogen-bond acceptors (Lipinski definition) is 2. The van der Waals surface area contributed by atoms with Gasteiger partial charge in [0.25, 0.3) is 0 Å². The average molecular weight is 213 g/mol. The standard InChI is InChI=1S/C14H15NO/c1-12-6-2-3-8-14(12)16-11-9-13-7-4-5-10-15-13/h2-8,10H,9,11H2,1H3. The number of hydrogen-bond donors (Lipinski definition) is 0. The molecule has 1 aromatic heterocycles. The predicted molar refractivity (Wildman–Crippen MR) is 64.6 cm³/mol. The minimum atomic E-state index is 0.669. The van der Waals surface area contributed by atoms with Gasteiger partial charge < -0.3 is 4.74 Å². The Morgan fingerprint density at radius 3 is 2.62 bits per heavy atom. The number of aryl methyl sites for hydroxylation is 1. The summed E-state index contributed by atoms with van der Waals surface area (Å²) in [6.07, 6.45) is 2.65. The van der Waals surface area contributed by atoms with E-state index in [-0.39, 0.29) is 0 Å². The minimum absolute atomic E-state index is 0.669. The van der Waals surface area contributed by atoms with E-state index in [0.717, 1.165) is 17.9 Å². The lowest BCUT2D eigenvalue weighted by molar-refractivity contribution is 0.318. The molecule has 1 aromatic carbocycles. The summed E-state index contributed by atoms with van der Waals surface area (Å²) in [5.41, 5.74) is 2.24. The largest absolute Gasteiger partial charge is 0.493 e. The fraction of sp³-hybridized carbons (Fsp3) is 0.214. The molecule has 0 aliphatic heterocycles. The first-order valence-corrected chi connectivity index (χ1v) is 5.44. The normalized spacial score (nSPS) is 10.1. The summed E-state index contributed by atoms with van der Waals surface area (Å²) in [6, 6.07) is 14.0. The first kappa shape index (κ1) is 10.7. The van der Waals surface area contributed by atoms with Gasteiger partial charge in [0.1, 0.15) is 5.75 Å². The van der Waals surface area contributed by atoms with Gasteiger partial charge in [-0.2, -0.15) is 0 Å². The van der Waals surface area contributed by atoms with Crippen molar-refractivity contribution in [1.82, 2.24) is 4.98 Å². The van der Waals surface area contributed by atoms with Gasteiger partial charge in [-0.3, -0.25) is 4.98 Å². The van der Waals surface area contributed by atoms with Crippen LogP contribution in [0.15, 0.2) is 48.7 Å². The number of ether oxygens (including phenoxy) is 1. The first-order chi connectivity index (χ1) is 7.86. The molecule has 0 atom stereocenters. The summed E-state index contributed by atoms with van der Waals surface area (Å²) in [5, 5.41) is 0. The summed E-state index contributed by atoms with van der Waals surface area (Å²) >= 11 is 0. The summed E-state index contributed by atoms with van der Waals surface area (Å²) in [4.78, 5) is 4.25. The molecule has 0 bridgehead atoms. The van der Waals surface area contributed by atoms with Crippen molar-refractivity contribution in [3.63, 3.8) is 0 Å². The fourth-order valence-electron chi connectivity index (χ4n) is 1.53. The second-order valence-corrected chi connectivity index (χ2v) is 3.69. The molecule has 0 N–H and O–H groups in total. The van der Waals surface area contributed by atoms with Crippen LogP contribution in [-0.2, 0) is 6.42 Å². The first-order valence-electron chi connectivity index (χ1n) is 5.44. The molecule has 0 spiro atoms. The van der Waals surface area contributed by atoms with Crippen molar-refractivity contribution in [3.05, 3.63) is 59.9 Å². The molecule has 2 rings (SSSR count). The molecule has 0 saturated carbocycles. The zero-order valence-electron chi connectivity index (χ0n) is 9.39. The Labute approximate surface area is 95.9 Å². The Hall–Kier alpha value is -1.83. The average Bonchev–Trinajstić information content (AvgIpc) is 2.33. The monoisotopic (exact) mass is 213 g/mol. The van der Waals surface area contributed by atoms with Crippen molar-refractivity contribution >= 4 is 0 Å². The lowest BCUT2D eigenvalue weighted by Gasteiger charge is -2.08. The van der Waals surface area contributed by atoms with Gasteiger partial charge in [-0.1, -0.05) is 24.3 Å². The van der Waals surface area contributed by atoms with Crippen molar-refractivity contribution in [2.75, 3.05) is 6.61 Å². The van der Waals surface area contributed by atoms with Crippen LogP contribution >= 0.6 is 0 Å². The van der Waals surface area contributed by atoms with Crippen LogP contribution in [0.3, 0.4) is 0 Å². The molecule has 0 aliphatic carbocycles. The van der Waals surface area contributed by atoms with Gasteiger partial charge in [-0.05, 0) is 30.7 Å². The molecule has 2 heteroatoms. The SMILES string of the molecule is Cc1ccccc1OCCc1ccccn1. The van der Waals surface area contributed by atoms with Gasteiger partial charge >= 0.3 is 0 Å². The molecule has 0 amide bonds. The third-order valence-electron chi connectivity index (χ3n) is 2.44.